The van der Waals surface area contributed by atoms with Gasteiger partial charge in [-0.15, -0.1) is 11.3 Å². The van der Waals surface area contributed by atoms with E-state index in [9.17, 15) is 27.9 Å². The molecule has 12 heteroatoms. The molecule has 2 aliphatic heterocycles. The number of anilines is 1. The number of alkyl halides is 3. The quantitative estimate of drug-likeness (QED) is 0.463. The molecule has 2 aromatic rings. The third kappa shape index (κ3) is 5.59. The van der Waals surface area contributed by atoms with Crippen molar-refractivity contribution in [1.82, 2.24) is 20.2 Å². The summed E-state index contributed by atoms with van der Waals surface area (Å²) in [6.07, 6.45) is 1.89. The number of hydrogen-bond acceptors (Lipinski definition) is 7. The van der Waals surface area contributed by atoms with Gasteiger partial charge in [0, 0.05) is 36.9 Å². The topological polar surface area (TPSA) is 107 Å². The second-order valence-corrected chi connectivity index (χ2v) is 11.8. The van der Waals surface area contributed by atoms with E-state index in [1.165, 1.54) is 13.8 Å². The molecule has 2 bridgehead atoms. The van der Waals surface area contributed by atoms with Crippen LogP contribution in [0.1, 0.15) is 78.2 Å². The number of rotatable bonds is 8. The lowest BCUT2D eigenvalue weighted by Crippen LogP contribution is -2.38. The Labute approximate surface area is 216 Å². The lowest BCUT2D eigenvalue weighted by Gasteiger charge is -2.22. The summed E-state index contributed by atoms with van der Waals surface area (Å²) in [7, 11) is 0. The fourth-order valence-electron chi connectivity index (χ4n) is 5.02. The Morgan fingerprint density at radius 1 is 1.14 bits per heavy atom. The predicted octanol–water partition coefficient (Wildman–Crippen LogP) is 4.31. The van der Waals surface area contributed by atoms with Gasteiger partial charge in [0.25, 0.3) is 11.8 Å². The van der Waals surface area contributed by atoms with Crippen molar-refractivity contribution in [3.8, 4) is 10.4 Å². The molecule has 2 amide bonds. The van der Waals surface area contributed by atoms with Crippen molar-refractivity contribution in [3.63, 3.8) is 0 Å². The Kier molecular flexibility index (Phi) is 6.68. The van der Waals surface area contributed by atoms with Crippen LogP contribution in [0.15, 0.2) is 12.3 Å². The number of pyridine rings is 1. The first-order valence-corrected chi connectivity index (χ1v) is 13.4. The molecule has 3 N–H and O–H groups in total. The molecule has 0 spiro atoms. The second-order valence-electron chi connectivity index (χ2n) is 10.8. The highest BCUT2D eigenvalue weighted by Crippen LogP contribution is 2.44. The van der Waals surface area contributed by atoms with Crippen LogP contribution in [0.5, 0.6) is 0 Å². The van der Waals surface area contributed by atoms with Gasteiger partial charge in [-0.1, -0.05) is 0 Å². The maximum absolute atomic E-state index is 14.2. The van der Waals surface area contributed by atoms with E-state index in [4.69, 9.17) is 0 Å². The van der Waals surface area contributed by atoms with Gasteiger partial charge in [0.15, 0.2) is 5.01 Å². The van der Waals surface area contributed by atoms with Crippen LogP contribution in [-0.2, 0) is 6.18 Å². The molecular weight excluding hydrogens is 507 g/mol. The van der Waals surface area contributed by atoms with Crippen molar-refractivity contribution in [2.45, 2.75) is 76.2 Å². The minimum atomic E-state index is -4.71. The number of carbonyl (C=O) groups excluding carboxylic acids is 2. The minimum Gasteiger partial charge on any atom is -0.389 e. The highest BCUT2D eigenvalue weighted by atomic mass is 32.1. The molecule has 0 unspecified atom stereocenters. The number of hydrogen-bond donors (Lipinski definition) is 3. The van der Waals surface area contributed by atoms with Gasteiger partial charge in [-0.3, -0.25) is 9.59 Å². The van der Waals surface area contributed by atoms with Crippen molar-refractivity contribution in [2.24, 2.45) is 5.92 Å². The summed E-state index contributed by atoms with van der Waals surface area (Å²) in [6, 6.07) is 1.03. The molecule has 1 saturated carbocycles. The minimum absolute atomic E-state index is 0.0294. The fraction of sp³-hybridized carbons (Fsp3) is 0.600. The van der Waals surface area contributed by atoms with E-state index in [0.29, 0.717) is 12.5 Å². The summed E-state index contributed by atoms with van der Waals surface area (Å²) in [5.41, 5.74) is -2.58. The van der Waals surface area contributed by atoms with E-state index in [2.05, 4.69) is 20.6 Å². The Morgan fingerprint density at radius 2 is 1.78 bits per heavy atom. The summed E-state index contributed by atoms with van der Waals surface area (Å²) in [5, 5.41) is 15.3. The molecule has 0 atom stereocenters. The average molecular weight is 538 g/mol. The van der Waals surface area contributed by atoms with Gasteiger partial charge in [0.1, 0.15) is 11.5 Å². The van der Waals surface area contributed by atoms with Gasteiger partial charge in [0.05, 0.1) is 16.0 Å². The molecule has 3 aliphatic rings. The number of fused-ring (bicyclic) bond motifs is 2. The number of halogens is 3. The largest absolute Gasteiger partial charge is 0.417 e. The highest BCUT2D eigenvalue weighted by Gasteiger charge is 2.45. The standard InChI is InChI=1S/C25H30F3N5O3S/c1-24(2,36)12-31-21(34)22-32-19(23(35)33-14-5-6-15(33)8-7-14)20(37-22)16-11-30-18(29-10-13-3-4-13)9-17(16)25(26,27)28/h9,11,13-15,36H,3-8,10,12H2,1-2H3,(H,29,30)(H,31,34). The van der Waals surface area contributed by atoms with Gasteiger partial charge in [0.2, 0.25) is 0 Å². The van der Waals surface area contributed by atoms with Gasteiger partial charge < -0.3 is 20.6 Å². The van der Waals surface area contributed by atoms with Crippen LogP contribution >= 0.6 is 11.3 Å². The average Bonchev–Trinajstić information content (AvgIpc) is 3.24. The highest BCUT2D eigenvalue weighted by molar-refractivity contribution is 7.17. The van der Waals surface area contributed by atoms with Crippen molar-refractivity contribution >= 4 is 29.0 Å². The third-order valence-corrected chi connectivity index (χ3v) is 8.20. The molecular formula is C25H30F3N5O3S. The molecule has 1 aliphatic carbocycles. The number of aliphatic hydroxyl groups is 1. The molecule has 0 aromatic carbocycles. The van der Waals surface area contributed by atoms with Crippen LogP contribution in [0.25, 0.3) is 10.4 Å². The molecule has 4 heterocycles. The summed E-state index contributed by atoms with van der Waals surface area (Å²) in [4.78, 5) is 36.6. The number of aromatic nitrogens is 2. The number of thiazole rings is 1. The summed E-state index contributed by atoms with van der Waals surface area (Å²) >= 11 is 0.733. The molecule has 200 valence electrons. The van der Waals surface area contributed by atoms with Gasteiger partial charge in [-0.2, -0.15) is 13.2 Å². The Morgan fingerprint density at radius 3 is 2.35 bits per heavy atom. The zero-order chi connectivity index (χ0) is 26.5. The number of nitrogens with zero attached hydrogens (tertiary/aromatic N) is 3. The van der Waals surface area contributed by atoms with Crippen LogP contribution in [0.3, 0.4) is 0 Å². The van der Waals surface area contributed by atoms with Crippen LogP contribution in [-0.4, -0.2) is 62.6 Å². The van der Waals surface area contributed by atoms with Gasteiger partial charge >= 0.3 is 6.18 Å². The third-order valence-electron chi connectivity index (χ3n) is 7.12. The fourth-order valence-corrected chi connectivity index (χ4v) is 6.02. The number of carbonyl (C=O) groups is 2. The number of amides is 2. The lowest BCUT2D eigenvalue weighted by molar-refractivity contribution is -0.137. The van der Waals surface area contributed by atoms with Crippen molar-refractivity contribution in [3.05, 3.63) is 28.5 Å². The van der Waals surface area contributed by atoms with E-state index in [1.807, 2.05) is 0 Å². The summed E-state index contributed by atoms with van der Waals surface area (Å²) in [6.45, 7) is 3.49. The maximum atomic E-state index is 14.2. The molecule has 2 aromatic heterocycles. The smallest absolute Gasteiger partial charge is 0.389 e. The van der Waals surface area contributed by atoms with Crippen LogP contribution in [0.4, 0.5) is 19.0 Å². The molecule has 37 heavy (non-hydrogen) atoms. The van der Waals surface area contributed by atoms with Crippen LogP contribution in [0, 0.1) is 5.92 Å². The SMILES string of the molecule is CC(C)(O)CNC(=O)c1nc(C(=O)N2C3CCC2CC3)c(-c2cnc(NCC3CC3)cc2C(F)(F)F)s1. The van der Waals surface area contributed by atoms with E-state index >= 15 is 0 Å². The van der Waals surface area contributed by atoms with Crippen LogP contribution in [0.2, 0.25) is 0 Å². The number of nitrogens with one attached hydrogen (secondary N) is 2. The van der Waals surface area contributed by atoms with Gasteiger partial charge in [-0.05, 0) is 64.4 Å². The molecule has 5 rings (SSSR count). The zero-order valence-electron chi connectivity index (χ0n) is 20.7. The van der Waals surface area contributed by atoms with Crippen molar-refractivity contribution < 1.29 is 27.9 Å². The Hall–Kier alpha value is -2.73. The zero-order valence-corrected chi connectivity index (χ0v) is 21.5. The van der Waals surface area contributed by atoms with E-state index in [1.54, 1.807) is 4.90 Å². The summed E-state index contributed by atoms with van der Waals surface area (Å²) < 4.78 is 42.7. The molecule has 2 saturated heterocycles. The first kappa shape index (κ1) is 25.9. The van der Waals surface area contributed by atoms with Gasteiger partial charge in [-0.25, -0.2) is 9.97 Å². The molecule has 8 nitrogen and oxygen atoms in total. The molecule has 3 fully saturated rings. The van der Waals surface area contributed by atoms with Crippen LogP contribution < -0.4 is 10.6 Å². The first-order chi connectivity index (χ1) is 17.4. The maximum Gasteiger partial charge on any atom is 0.417 e. The monoisotopic (exact) mass is 537 g/mol. The first-order valence-electron chi connectivity index (χ1n) is 12.6. The van der Waals surface area contributed by atoms with Crippen molar-refractivity contribution in [1.29, 1.82) is 0 Å². The van der Waals surface area contributed by atoms with E-state index in [0.717, 1.165) is 62.1 Å². The molecule has 0 radical (unpaired) electrons. The Balaban J connectivity index is 1.54. The van der Waals surface area contributed by atoms with E-state index < -0.39 is 29.2 Å². The predicted molar refractivity (Wildman–Crippen MR) is 132 cm³/mol. The summed E-state index contributed by atoms with van der Waals surface area (Å²) in [5.74, 6) is -0.564. The second kappa shape index (κ2) is 9.54. The van der Waals surface area contributed by atoms with Crippen molar-refractivity contribution in [2.75, 3.05) is 18.4 Å². The van der Waals surface area contributed by atoms with E-state index in [-0.39, 0.29) is 45.6 Å². The normalized spacial score (nSPS) is 21.4. The Bertz CT molecular complexity index is 1190. The lowest BCUT2D eigenvalue weighted by atomic mass is 10.0.